The molecule has 0 N–H and O–H groups in total. The fraction of sp³-hybridized carbons (Fsp3) is 0.300. The molecule has 1 fully saturated rings. The molecule has 0 bridgehead atoms. The van der Waals surface area contributed by atoms with Crippen molar-refractivity contribution in [1.82, 2.24) is 14.8 Å². The molecule has 1 aliphatic rings. The van der Waals surface area contributed by atoms with Crippen molar-refractivity contribution in [3.63, 3.8) is 0 Å². The Morgan fingerprint density at radius 1 is 1.11 bits per heavy atom. The summed E-state index contributed by atoms with van der Waals surface area (Å²) in [5.41, 5.74) is 1.54. The Kier molecular flexibility index (Phi) is 5.52. The van der Waals surface area contributed by atoms with Crippen molar-refractivity contribution in [1.29, 1.82) is 0 Å². The fourth-order valence-corrected chi connectivity index (χ4v) is 4.68. The number of hydrogen-bond donors (Lipinski definition) is 0. The number of thiazole rings is 1. The van der Waals surface area contributed by atoms with Crippen molar-refractivity contribution in [3.8, 4) is 16.3 Å². The van der Waals surface area contributed by atoms with Crippen molar-refractivity contribution < 1.29 is 9.53 Å². The van der Waals surface area contributed by atoms with E-state index < -0.39 is 0 Å². The third-order valence-electron chi connectivity index (χ3n) is 4.68. The van der Waals surface area contributed by atoms with Crippen molar-refractivity contribution in [2.75, 3.05) is 33.3 Å². The molecule has 1 amide bonds. The van der Waals surface area contributed by atoms with E-state index in [4.69, 9.17) is 4.74 Å². The lowest BCUT2D eigenvalue weighted by Gasteiger charge is -2.34. The molecule has 140 valence electrons. The Morgan fingerprint density at radius 2 is 1.89 bits per heavy atom. The number of piperazine rings is 1. The first-order valence-corrected chi connectivity index (χ1v) is 10.6. The van der Waals surface area contributed by atoms with E-state index >= 15 is 0 Å². The van der Waals surface area contributed by atoms with E-state index in [-0.39, 0.29) is 5.91 Å². The zero-order chi connectivity index (χ0) is 18.6. The van der Waals surface area contributed by atoms with Crippen LogP contribution in [0, 0.1) is 0 Å². The number of hydrogen-bond acceptors (Lipinski definition) is 6. The number of ether oxygens (including phenoxy) is 1. The van der Waals surface area contributed by atoms with Gasteiger partial charge in [0.25, 0.3) is 5.91 Å². The standard InChI is InChI=1S/C20H21N3O2S2/c1-25-16-6-4-15(5-7-16)19-21-18(14-27-19)20(24)23-10-8-22(9-11-23)13-17-3-2-12-26-17/h2-7,12,14H,8-11,13H2,1H3. The summed E-state index contributed by atoms with van der Waals surface area (Å²) in [4.78, 5) is 23.1. The molecule has 0 aliphatic carbocycles. The van der Waals surface area contributed by atoms with E-state index in [9.17, 15) is 4.79 Å². The first kappa shape index (κ1) is 18.2. The zero-order valence-corrected chi connectivity index (χ0v) is 16.8. The molecule has 1 saturated heterocycles. The van der Waals surface area contributed by atoms with Gasteiger partial charge in [-0.15, -0.1) is 22.7 Å². The van der Waals surface area contributed by atoms with E-state index in [1.165, 1.54) is 16.2 Å². The van der Waals surface area contributed by atoms with Gasteiger partial charge in [-0.25, -0.2) is 4.98 Å². The minimum absolute atomic E-state index is 0.0294. The lowest BCUT2D eigenvalue weighted by Crippen LogP contribution is -2.48. The minimum atomic E-state index is 0.0294. The first-order valence-electron chi connectivity index (χ1n) is 8.87. The van der Waals surface area contributed by atoms with E-state index in [2.05, 4.69) is 27.4 Å². The van der Waals surface area contributed by atoms with E-state index in [1.807, 2.05) is 34.5 Å². The highest BCUT2D eigenvalue weighted by Crippen LogP contribution is 2.26. The number of rotatable bonds is 5. The van der Waals surface area contributed by atoms with Gasteiger partial charge < -0.3 is 9.64 Å². The predicted molar refractivity (Wildman–Crippen MR) is 110 cm³/mol. The van der Waals surface area contributed by atoms with Crippen LogP contribution in [0.2, 0.25) is 0 Å². The molecule has 0 radical (unpaired) electrons. The summed E-state index contributed by atoms with van der Waals surface area (Å²) in [6.07, 6.45) is 0. The highest BCUT2D eigenvalue weighted by Gasteiger charge is 2.24. The average Bonchev–Trinajstić information content (AvgIpc) is 3.40. The summed E-state index contributed by atoms with van der Waals surface area (Å²) in [6, 6.07) is 12.0. The Bertz CT molecular complexity index is 882. The van der Waals surface area contributed by atoms with Gasteiger partial charge in [-0.2, -0.15) is 0 Å². The number of nitrogens with zero attached hydrogens (tertiary/aromatic N) is 3. The topological polar surface area (TPSA) is 45.7 Å². The van der Waals surface area contributed by atoms with Crippen LogP contribution in [0.25, 0.3) is 10.6 Å². The van der Waals surface area contributed by atoms with Crippen LogP contribution in [-0.4, -0.2) is 54.0 Å². The van der Waals surface area contributed by atoms with Crippen molar-refractivity contribution in [3.05, 3.63) is 57.7 Å². The fourth-order valence-electron chi connectivity index (χ4n) is 3.13. The van der Waals surface area contributed by atoms with Gasteiger partial charge in [0.05, 0.1) is 7.11 Å². The summed E-state index contributed by atoms with van der Waals surface area (Å²) in [5, 5.41) is 4.83. The number of carbonyl (C=O) groups excluding carboxylic acids is 1. The molecule has 5 nitrogen and oxygen atoms in total. The molecule has 2 aromatic heterocycles. The number of thiophene rings is 1. The summed E-state index contributed by atoms with van der Waals surface area (Å²) in [7, 11) is 1.65. The normalized spacial score (nSPS) is 15.1. The second-order valence-electron chi connectivity index (χ2n) is 6.41. The van der Waals surface area contributed by atoms with Gasteiger partial charge in [0.2, 0.25) is 0 Å². The maximum Gasteiger partial charge on any atom is 0.273 e. The quantitative estimate of drug-likeness (QED) is 0.654. The van der Waals surface area contributed by atoms with Crippen LogP contribution >= 0.6 is 22.7 Å². The molecule has 0 spiro atoms. The second-order valence-corrected chi connectivity index (χ2v) is 8.30. The number of aromatic nitrogens is 1. The first-order chi connectivity index (χ1) is 13.2. The highest BCUT2D eigenvalue weighted by molar-refractivity contribution is 7.13. The Balaban J connectivity index is 1.36. The van der Waals surface area contributed by atoms with Gasteiger partial charge in [-0.3, -0.25) is 9.69 Å². The number of carbonyl (C=O) groups is 1. The zero-order valence-electron chi connectivity index (χ0n) is 15.1. The van der Waals surface area contributed by atoms with Crippen LogP contribution in [0.15, 0.2) is 47.2 Å². The Hall–Kier alpha value is -2.22. The molecule has 3 heterocycles. The molecule has 7 heteroatoms. The molecule has 3 aromatic rings. The molecule has 1 aliphatic heterocycles. The van der Waals surface area contributed by atoms with Crippen molar-refractivity contribution in [2.45, 2.75) is 6.54 Å². The molecule has 0 atom stereocenters. The summed E-state index contributed by atoms with van der Waals surface area (Å²) >= 11 is 3.29. The van der Waals surface area contributed by atoms with Crippen molar-refractivity contribution in [2.24, 2.45) is 0 Å². The molecular weight excluding hydrogens is 378 g/mol. The lowest BCUT2D eigenvalue weighted by molar-refractivity contribution is 0.0625. The number of benzene rings is 1. The third kappa shape index (κ3) is 4.21. The van der Waals surface area contributed by atoms with Gasteiger partial charge in [0, 0.05) is 48.5 Å². The third-order valence-corrected chi connectivity index (χ3v) is 6.43. The largest absolute Gasteiger partial charge is 0.497 e. The van der Waals surface area contributed by atoms with Crippen LogP contribution in [0.1, 0.15) is 15.4 Å². The summed E-state index contributed by atoms with van der Waals surface area (Å²) in [6.45, 7) is 4.27. The smallest absolute Gasteiger partial charge is 0.273 e. The average molecular weight is 400 g/mol. The van der Waals surface area contributed by atoms with Crippen molar-refractivity contribution >= 4 is 28.6 Å². The van der Waals surface area contributed by atoms with E-state index in [0.717, 1.165) is 49.0 Å². The van der Waals surface area contributed by atoms with Gasteiger partial charge in [0.1, 0.15) is 16.5 Å². The van der Waals surface area contributed by atoms with Gasteiger partial charge in [-0.1, -0.05) is 6.07 Å². The Morgan fingerprint density at radius 3 is 2.56 bits per heavy atom. The molecule has 0 unspecified atom stereocenters. The highest BCUT2D eigenvalue weighted by atomic mass is 32.1. The minimum Gasteiger partial charge on any atom is -0.497 e. The van der Waals surface area contributed by atoms with Crippen LogP contribution < -0.4 is 4.74 Å². The lowest BCUT2D eigenvalue weighted by atomic mass is 10.2. The Labute approximate surface area is 166 Å². The van der Waals surface area contributed by atoms with Gasteiger partial charge in [0.15, 0.2) is 0 Å². The van der Waals surface area contributed by atoms with E-state index in [1.54, 1.807) is 18.4 Å². The van der Waals surface area contributed by atoms with Gasteiger partial charge >= 0.3 is 0 Å². The van der Waals surface area contributed by atoms with E-state index in [0.29, 0.717) is 5.69 Å². The maximum atomic E-state index is 12.8. The molecular formula is C20H21N3O2S2. The summed E-state index contributed by atoms with van der Waals surface area (Å²) < 4.78 is 5.19. The molecule has 27 heavy (non-hydrogen) atoms. The SMILES string of the molecule is COc1ccc(-c2nc(C(=O)N3CCN(Cc4cccs4)CC3)cs2)cc1. The molecule has 0 saturated carbocycles. The van der Waals surface area contributed by atoms with Crippen LogP contribution in [0.4, 0.5) is 0 Å². The van der Waals surface area contributed by atoms with Crippen LogP contribution in [0.5, 0.6) is 5.75 Å². The predicted octanol–water partition coefficient (Wildman–Crippen LogP) is 3.84. The number of methoxy groups -OCH3 is 1. The molecule has 1 aromatic carbocycles. The van der Waals surface area contributed by atoms with Crippen LogP contribution in [0.3, 0.4) is 0 Å². The molecule has 4 rings (SSSR count). The van der Waals surface area contributed by atoms with Crippen LogP contribution in [-0.2, 0) is 6.54 Å². The number of amides is 1. The maximum absolute atomic E-state index is 12.8. The van der Waals surface area contributed by atoms with Gasteiger partial charge in [-0.05, 0) is 35.7 Å². The summed E-state index contributed by atoms with van der Waals surface area (Å²) in [5.74, 6) is 0.841. The monoisotopic (exact) mass is 399 g/mol. The second kappa shape index (κ2) is 8.21.